The predicted octanol–water partition coefficient (Wildman–Crippen LogP) is 11.4. The fraction of sp³-hybridized carbons (Fsp3) is 0.0612. The van der Waals surface area contributed by atoms with E-state index in [1.54, 1.807) is 0 Å². The first-order valence-electron chi connectivity index (χ1n) is 18.1. The van der Waals surface area contributed by atoms with Crippen molar-refractivity contribution in [2.45, 2.75) is 12.8 Å². The molecule has 2 atom stereocenters. The highest BCUT2D eigenvalue weighted by molar-refractivity contribution is 6.92. The molecule has 7 aromatic carbocycles. The molecule has 0 N–H and O–H groups in total. The van der Waals surface area contributed by atoms with Gasteiger partial charge in [0.05, 0.1) is 0 Å². The van der Waals surface area contributed by atoms with Gasteiger partial charge in [0.15, 0.2) is 0 Å². The van der Waals surface area contributed by atoms with Crippen molar-refractivity contribution in [2.75, 3.05) is 4.81 Å². The monoisotopic (exact) mass is 649 g/mol. The van der Waals surface area contributed by atoms with E-state index in [4.69, 9.17) is 0 Å². The van der Waals surface area contributed by atoms with Gasteiger partial charge in [0, 0.05) is 28.4 Å². The normalized spacial score (nSPS) is 16.5. The van der Waals surface area contributed by atoms with Crippen molar-refractivity contribution in [1.82, 2.24) is 0 Å². The highest BCUT2D eigenvalue weighted by Crippen LogP contribution is 2.49. The van der Waals surface area contributed by atoms with Gasteiger partial charge in [-0.1, -0.05) is 165 Å². The van der Waals surface area contributed by atoms with Crippen LogP contribution in [0.25, 0.3) is 55.6 Å². The fourth-order valence-corrected chi connectivity index (χ4v) is 8.62. The predicted molar refractivity (Wildman–Crippen MR) is 217 cm³/mol. The second-order valence-electron chi connectivity index (χ2n) is 14.1. The number of hydrogen-bond donors (Lipinski definition) is 0. The van der Waals surface area contributed by atoms with Gasteiger partial charge in [-0.15, -0.1) is 0 Å². The van der Waals surface area contributed by atoms with E-state index in [2.05, 4.69) is 200 Å². The number of benzene rings is 7. The maximum absolute atomic E-state index is 2.62. The molecule has 1 aliphatic carbocycles. The van der Waals surface area contributed by atoms with Crippen molar-refractivity contribution >= 4 is 29.1 Å². The SMILES string of the molecule is CC1C=CC=CC1c1ccc2c(c1)-c1cc(-c3ccccc3)ccc1N1B2c2ccc(-c3ccccc3)cc2-c2cc(-c3ccccc3)ccc21. The lowest BCUT2D eigenvalue weighted by Crippen LogP contribution is -2.59. The Morgan fingerprint density at radius 2 is 0.863 bits per heavy atom. The number of nitrogens with zero attached hydrogens (tertiary/aromatic N) is 1. The molecule has 10 rings (SSSR count). The van der Waals surface area contributed by atoms with Crippen LogP contribution in [0.2, 0.25) is 0 Å². The molecule has 0 amide bonds. The van der Waals surface area contributed by atoms with Crippen LogP contribution in [0.3, 0.4) is 0 Å². The van der Waals surface area contributed by atoms with Gasteiger partial charge in [0.2, 0.25) is 0 Å². The number of anilines is 2. The third kappa shape index (κ3) is 4.94. The van der Waals surface area contributed by atoms with Crippen LogP contribution in [0.1, 0.15) is 18.4 Å². The van der Waals surface area contributed by atoms with Crippen LogP contribution in [0, 0.1) is 5.92 Å². The number of rotatable bonds is 4. The van der Waals surface area contributed by atoms with E-state index in [0.29, 0.717) is 11.8 Å². The molecule has 0 spiro atoms. The van der Waals surface area contributed by atoms with Crippen LogP contribution in [0.5, 0.6) is 0 Å². The molecular formula is C49H36BN. The van der Waals surface area contributed by atoms with Crippen molar-refractivity contribution in [2.24, 2.45) is 5.92 Å². The van der Waals surface area contributed by atoms with E-state index in [1.807, 2.05) is 0 Å². The topological polar surface area (TPSA) is 3.24 Å². The van der Waals surface area contributed by atoms with E-state index >= 15 is 0 Å². The average molecular weight is 650 g/mol. The highest BCUT2D eigenvalue weighted by Gasteiger charge is 2.43. The molecule has 1 nitrogen and oxygen atoms in total. The minimum Gasteiger partial charge on any atom is -0.376 e. The first-order chi connectivity index (χ1) is 25.2. The Morgan fingerprint density at radius 3 is 1.39 bits per heavy atom. The molecule has 240 valence electrons. The molecule has 2 unspecified atom stereocenters. The molecule has 3 aliphatic rings. The second kappa shape index (κ2) is 12.0. The van der Waals surface area contributed by atoms with Gasteiger partial charge in [0.25, 0.3) is 0 Å². The Hall–Kier alpha value is -6.12. The zero-order chi connectivity index (χ0) is 33.9. The van der Waals surface area contributed by atoms with E-state index in [1.165, 1.54) is 83.5 Å². The van der Waals surface area contributed by atoms with Gasteiger partial charge in [-0.05, 0) is 97.2 Å². The first kappa shape index (κ1) is 29.8. The smallest absolute Gasteiger partial charge is 0.329 e. The maximum Gasteiger partial charge on any atom is 0.329 e. The molecule has 7 aromatic rings. The first-order valence-corrected chi connectivity index (χ1v) is 18.1. The lowest BCUT2D eigenvalue weighted by atomic mass is 9.43. The summed E-state index contributed by atoms with van der Waals surface area (Å²) in [6.07, 6.45) is 9.08. The van der Waals surface area contributed by atoms with Crippen LogP contribution >= 0.6 is 0 Å². The van der Waals surface area contributed by atoms with Gasteiger partial charge in [-0.3, -0.25) is 0 Å². The number of fused-ring (bicyclic) bond motifs is 11. The molecule has 0 aromatic heterocycles. The van der Waals surface area contributed by atoms with Crippen LogP contribution in [-0.2, 0) is 0 Å². The Morgan fingerprint density at radius 1 is 0.412 bits per heavy atom. The van der Waals surface area contributed by atoms with Crippen LogP contribution in [0.4, 0.5) is 11.4 Å². The molecule has 2 heteroatoms. The standard InChI is InChI=1S/C49H36BN/c1-33-13-11-12-20-41(33)40-22-26-47-43(32-40)45-31-39(36-18-9-4-10-19-36)24-28-49(45)51-48-27-23-38(35-16-7-3-8-17-35)30-44(48)42-29-37(21-25-46(42)50(47)51)34-14-5-2-6-15-34/h2-33,41H,1H3. The van der Waals surface area contributed by atoms with Gasteiger partial charge in [0.1, 0.15) is 0 Å². The van der Waals surface area contributed by atoms with Crippen molar-refractivity contribution in [3.8, 4) is 55.6 Å². The Labute approximate surface area is 301 Å². The Kier molecular flexibility index (Phi) is 7.03. The van der Waals surface area contributed by atoms with Crippen molar-refractivity contribution in [1.29, 1.82) is 0 Å². The number of allylic oxidation sites excluding steroid dienone is 4. The zero-order valence-corrected chi connectivity index (χ0v) is 28.6. The summed E-state index contributed by atoms with van der Waals surface area (Å²) in [5, 5.41) is 0. The van der Waals surface area contributed by atoms with Crippen molar-refractivity contribution in [3.05, 3.63) is 194 Å². The molecule has 0 saturated heterocycles. The van der Waals surface area contributed by atoms with Crippen LogP contribution in [-0.4, -0.2) is 6.85 Å². The van der Waals surface area contributed by atoms with Gasteiger partial charge in [-0.25, -0.2) is 0 Å². The highest BCUT2D eigenvalue weighted by atomic mass is 15.1. The van der Waals surface area contributed by atoms with Gasteiger partial charge < -0.3 is 4.81 Å². The van der Waals surface area contributed by atoms with Gasteiger partial charge >= 0.3 is 6.85 Å². The van der Waals surface area contributed by atoms with E-state index in [-0.39, 0.29) is 6.85 Å². The Balaban J connectivity index is 1.23. The molecule has 0 radical (unpaired) electrons. The summed E-state index contributed by atoms with van der Waals surface area (Å²) >= 11 is 0. The largest absolute Gasteiger partial charge is 0.376 e. The van der Waals surface area contributed by atoms with Crippen LogP contribution in [0.15, 0.2) is 188 Å². The summed E-state index contributed by atoms with van der Waals surface area (Å²) in [5.74, 6) is 0.795. The lowest BCUT2D eigenvalue weighted by molar-refractivity contribution is 0.635. The second-order valence-corrected chi connectivity index (χ2v) is 14.1. The van der Waals surface area contributed by atoms with Gasteiger partial charge in [-0.2, -0.15) is 0 Å². The third-order valence-corrected chi connectivity index (χ3v) is 11.2. The summed E-state index contributed by atoms with van der Waals surface area (Å²) in [6.45, 7) is 2.37. The lowest BCUT2D eigenvalue weighted by Gasteiger charge is -2.44. The molecule has 0 fully saturated rings. The average Bonchev–Trinajstić information content (AvgIpc) is 3.21. The quantitative estimate of drug-likeness (QED) is 0.172. The minimum atomic E-state index is 0.0400. The molecule has 2 heterocycles. The molecule has 0 saturated carbocycles. The summed E-state index contributed by atoms with van der Waals surface area (Å²) < 4.78 is 0. The summed E-state index contributed by atoms with van der Waals surface area (Å²) in [7, 11) is 0. The molecular weight excluding hydrogens is 613 g/mol. The summed E-state index contributed by atoms with van der Waals surface area (Å²) in [4.78, 5) is 2.62. The Bertz CT molecular complexity index is 2500. The number of hydrogen-bond acceptors (Lipinski definition) is 1. The van der Waals surface area contributed by atoms with Crippen LogP contribution < -0.4 is 15.7 Å². The maximum atomic E-state index is 2.62. The minimum absolute atomic E-state index is 0.0400. The molecule has 2 aliphatic heterocycles. The van der Waals surface area contributed by atoms with E-state index in [9.17, 15) is 0 Å². The zero-order valence-electron chi connectivity index (χ0n) is 28.6. The summed E-state index contributed by atoms with van der Waals surface area (Å²) in [6, 6.07) is 61.0. The molecule has 51 heavy (non-hydrogen) atoms. The van der Waals surface area contributed by atoms with E-state index in [0.717, 1.165) is 0 Å². The summed E-state index contributed by atoms with van der Waals surface area (Å²) in [5.41, 5.74) is 19.2. The fourth-order valence-electron chi connectivity index (χ4n) is 8.62. The van der Waals surface area contributed by atoms with E-state index < -0.39 is 0 Å². The van der Waals surface area contributed by atoms with Crippen molar-refractivity contribution in [3.63, 3.8) is 0 Å². The molecule has 0 bridgehead atoms. The van der Waals surface area contributed by atoms with Crippen molar-refractivity contribution < 1.29 is 0 Å². The third-order valence-electron chi connectivity index (χ3n) is 11.2.